The third-order valence-electron chi connectivity index (χ3n) is 4.56. The molecule has 0 radical (unpaired) electrons. The Balaban J connectivity index is 1.91. The van der Waals surface area contributed by atoms with Crippen LogP contribution in [-0.2, 0) is 23.9 Å². The third kappa shape index (κ3) is 8.55. The average Bonchev–Trinajstić information content (AvgIpc) is 3.13. The van der Waals surface area contributed by atoms with Crippen LogP contribution in [0.1, 0.15) is 65.0 Å². The van der Waals surface area contributed by atoms with Gasteiger partial charge in [-0.15, -0.1) is 0 Å². The Bertz CT molecular complexity index is 945. The van der Waals surface area contributed by atoms with Crippen LogP contribution in [0.3, 0.4) is 0 Å². The second kappa shape index (κ2) is 10.5. The van der Waals surface area contributed by atoms with Crippen LogP contribution >= 0.6 is 0 Å². The quantitative estimate of drug-likeness (QED) is 0.362. The normalized spacial score (nSPS) is 16.5. The van der Waals surface area contributed by atoms with Gasteiger partial charge in [0.1, 0.15) is 17.5 Å². The van der Waals surface area contributed by atoms with Crippen LogP contribution < -0.4 is 11.1 Å². The maximum absolute atomic E-state index is 12.4. The molecule has 1 aromatic rings. The van der Waals surface area contributed by atoms with E-state index in [9.17, 15) is 14.4 Å². The predicted octanol–water partition coefficient (Wildman–Crippen LogP) is 2.67. The predicted molar refractivity (Wildman–Crippen MR) is 123 cm³/mol. The van der Waals surface area contributed by atoms with Crippen LogP contribution in [-0.4, -0.2) is 53.9 Å². The number of amides is 2. The molecular weight excluding hydrogens is 428 g/mol. The Hall–Kier alpha value is -3.43. The molecule has 33 heavy (non-hydrogen) atoms. The van der Waals surface area contributed by atoms with Gasteiger partial charge in [0.15, 0.2) is 0 Å². The minimum atomic E-state index is -0.756. The number of amidine groups is 1. The number of aliphatic imine (C=N–C) groups is 1. The van der Waals surface area contributed by atoms with Crippen molar-refractivity contribution in [2.24, 2.45) is 15.9 Å². The molecule has 0 fully saturated rings. The number of benzene rings is 1. The summed E-state index contributed by atoms with van der Waals surface area (Å²) >= 11 is 0. The number of esters is 1. The van der Waals surface area contributed by atoms with E-state index in [1.54, 1.807) is 58.9 Å². The monoisotopic (exact) mass is 460 g/mol. The molecule has 1 aliphatic heterocycles. The number of rotatable bonds is 7. The van der Waals surface area contributed by atoms with E-state index in [1.165, 1.54) is 7.11 Å². The molecule has 0 bridgehead atoms. The van der Waals surface area contributed by atoms with Crippen molar-refractivity contribution in [2.45, 2.75) is 71.1 Å². The summed E-state index contributed by atoms with van der Waals surface area (Å²) in [6.07, 6.45) is -0.549. The molecule has 10 heteroatoms. The van der Waals surface area contributed by atoms with Gasteiger partial charge in [0.05, 0.1) is 25.7 Å². The van der Waals surface area contributed by atoms with Crippen molar-refractivity contribution in [1.82, 2.24) is 5.32 Å². The summed E-state index contributed by atoms with van der Waals surface area (Å²) < 4.78 is 9.79. The molecule has 0 spiro atoms. The highest BCUT2D eigenvalue weighted by atomic mass is 16.6. The molecule has 1 atom stereocenters. The lowest BCUT2D eigenvalue weighted by Crippen LogP contribution is -2.46. The Morgan fingerprint density at radius 1 is 1.18 bits per heavy atom. The molecule has 2 rings (SSSR count). The molecule has 0 saturated carbocycles. The Labute approximate surface area is 193 Å². The summed E-state index contributed by atoms with van der Waals surface area (Å²) in [5, 5.41) is 6.91. The zero-order chi connectivity index (χ0) is 24.8. The van der Waals surface area contributed by atoms with Crippen LogP contribution in [0.5, 0.6) is 0 Å². The molecule has 0 saturated heterocycles. The number of carbonyl (C=O) groups excluding carboxylic acids is 3. The van der Waals surface area contributed by atoms with Gasteiger partial charge in [-0.05, 0) is 40.2 Å². The largest absolute Gasteiger partial charge is 0.469 e. The van der Waals surface area contributed by atoms with E-state index in [0.29, 0.717) is 17.7 Å². The molecule has 1 aromatic carbocycles. The van der Waals surface area contributed by atoms with Crippen LogP contribution in [0, 0.1) is 0 Å². The molecule has 1 aliphatic rings. The van der Waals surface area contributed by atoms with Crippen molar-refractivity contribution in [2.75, 3.05) is 7.11 Å². The molecule has 1 heterocycles. The minimum absolute atomic E-state index is 0.0459. The molecule has 3 N–H and O–H groups in total. The Morgan fingerprint density at radius 2 is 1.82 bits per heavy atom. The van der Waals surface area contributed by atoms with Gasteiger partial charge in [-0.2, -0.15) is 4.99 Å². The molecule has 0 aromatic heterocycles. The first-order valence-electron chi connectivity index (χ1n) is 10.6. The van der Waals surface area contributed by atoms with Crippen molar-refractivity contribution in [3.05, 3.63) is 35.4 Å². The van der Waals surface area contributed by atoms with Gasteiger partial charge in [0.2, 0.25) is 5.91 Å². The SMILES string of the molecule is COC(=O)CC(C)(C)NC(=O)CC1CC(c2ccc(/C(N)=N/C(=O)OC(C)(C)C)cc2)=NO1. The Morgan fingerprint density at radius 3 is 2.39 bits per heavy atom. The van der Waals surface area contributed by atoms with E-state index >= 15 is 0 Å². The van der Waals surface area contributed by atoms with Crippen molar-refractivity contribution in [3.63, 3.8) is 0 Å². The second-order valence-corrected chi connectivity index (χ2v) is 9.41. The van der Waals surface area contributed by atoms with Crippen LogP contribution in [0.25, 0.3) is 0 Å². The van der Waals surface area contributed by atoms with E-state index < -0.39 is 29.3 Å². The number of hydrogen-bond donors (Lipinski definition) is 2. The lowest BCUT2D eigenvalue weighted by molar-refractivity contribution is -0.142. The van der Waals surface area contributed by atoms with Gasteiger partial charge in [-0.25, -0.2) is 4.79 Å². The van der Waals surface area contributed by atoms with E-state index in [4.69, 9.17) is 15.3 Å². The molecule has 0 aliphatic carbocycles. The number of carbonyl (C=O) groups is 3. The van der Waals surface area contributed by atoms with E-state index in [1.807, 2.05) is 0 Å². The van der Waals surface area contributed by atoms with Gasteiger partial charge in [-0.1, -0.05) is 29.4 Å². The zero-order valence-electron chi connectivity index (χ0n) is 19.9. The van der Waals surface area contributed by atoms with Gasteiger partial charge in [-0.3, -0.25) is 9.59 Å². The highest BCUT2D eigenvalue weighted by Crippen LogP contribution is 2.20. The van der Waals surface area contributed by atoms with Crippen molar-refractivity contribution >= 4 is 29.5 Å². The zero-order valence-corrected chi connectivity index (χ0v) is 19.9. The maximum atomic E-state index is 12.4. The molecule has 180 valence electrons. The van der Waals surface area contributed by atoms with Crippen LogP contribution in [0.4, 0.5) is 4.79 Å². The standard InChI is InChI=1S/C23H32N4O6/c1-22(2,3)32-21(30)25-20(24)15-9-7-14(8-10-15)17-11-16(33-27-17)12-18(28)26-23(4,5)13-19(29)31-6/h7-10,16H,11-13H2,1-6H3,(H,26,28)(H2,24,25,30). The molecule has 1 unspecified atom stereocenters. The number of nitrogens with two attached hydrogens (primary N) is 1. The summed E-state index contributed by atoms with van der Waals surface area (Å²) in [6.45, 7) is 8.74. The summed E-state index contributed by atoms with van der Waals surface area (Å²) in [5.41, 5.74) is 6.57. The topological polar surface area (TPSA) is 142 Å². The second-order valence-electron chi connectivity index (χ2n) is 9.41. The fourth-order valence-electron chi connectivity index (χ4n) is 3.10. The van der Waals surface area contributed by atoms with E-state index in [-0.39, 0.29) is 24.6 Å². The first-order valence-corrected chi connectivity index (χ1v) is 10.6. The number of oxime groups is 1. The number of methoxy groups -OCH3 is 1. The third-order valence-corrected chi connectivity index (χ3v) is 4.56. The van der Waals surface area contributed by atoms with E-state index in [2.05, 4.69) is 20.2 Å². The van der Waals surface area contributed by atoms with Crippen molar-refractivity contribution < 1.29 is 28.7 Å². The van der Waals surface area contributed by atoms with E-state index in [0.717, 1.165) is 5.56 Å². The molecular formula is C23H32N4O6. The lowest BCUT2D eigenvalue weighted by Gasteiger charge is -2.25. The highest BCUT2D eigenvalue weighted by molar-refractivity contribution is 6.05. The first-order chi connectivity index (χ1) is 15.3. The number of nitrogens with zero attached hydrogens (tertiary/aromatic N) is 2. The maximum Gasteiger partial charge on any atom is 0.436 e. The molecule has 10 nitrogen and oxygen atoms in total. The first kappa shape index (κ1) is 25.8. The fraction of sp³-hybridized carbons (Fsp3) is 0.522. The Kier molecular flexibility index (Phi) is 8.18. The number of nitrogens with one attached hydrogen (secondary N) is 1. The number of hydrogen-bond acceptors (Lipinski definition) is 7. The lowest BCUT2D eigenvalue weighted by atomic mass is 9.99. The number of ether oxygens (including phenoxy) is 2. The van der Waals surface area contributed by atoms with Gasteiger partial charge >= 0.3 is 12.1 Å². The highest BCUT2D eigenvalue weighted by Gasteiger charge is 2.29. The molecule has 2 amide bonds. The van der Waals surface area contributed by atoms with Crippen LogP contribution in [0.15, 0.2) is 34.4 Å². The summed E-state index contributed by atoms with van der Waals surface area (Å²) in [7, 11) is 1.31. The summed E-state index contributed by atoms with van der Waals surface area (Å²) in [6, 6.07) is 7.01. The van der Waals surface area contributed by atoms with Crippen molar-refractivity contribution in [3.8, 4) is 0 Å². The summed E-state index contributed by atoms with van der Waals surface area (Å²) in [5.74, 6) is -0.598. The van der Waals surface area contributed by atoms with Crippen LogP contribution in [0.2, 0.25) is 0 Å². The van der Waals surface area contributed by atoms with Gasteiger partial charge in [0.25, 0.3) is 0 Å². The smallest absolute Gasteiger partial charge is 0.436 e. The average molecular weight is 461 g/mol. The summed E-state index contributed by atoms with van der Waals surface area (Å²) in [4.78, 5) is 44.8. The van der Waals surface area contributed by atoms with Gasteiger partial charge < -0.3 is 25.4 Å². The fourth-order valence-corrected chi connectivity index (χ4v) is 3.10. The minimum Gasteiger partial charge on any atom is -0.469 e. The van der Waals surface area contributed by atoms with Crippen molar-refractivity contribution in [1.29, 1.82) is 0 Å². The van der Waals surface area contributed by atoms with Gasteiger partial charge in [0, 0.05) is 17.5 Å².